The van der Waals surface area contributed by atoms with Gasteiger partial charge in [-0.2, -0.15) is 0 Å². The fraction of sp³-hybridized carbons (Fsp3) is 0.385. The Morgan fingerprint density at radius 3 is 3.00 bits per heavy atom. The van der Waals surface area contributed by atoms with E-state index in [1.165, 1.54) is 12.8 Å². The quantitative estimate of drug-likeness (QED) is 0.876. The van der Waals surface area contributed by atoms with Crippen LogP contribution in [-0.4, -0.2) is 21.8 Å². The predicted molar refractivity (Wildman–Crippen MR) is 79.2 cm³/mol. The van der Waals surface area contributed by atoms with Gasteiger partial charge in [-0.3, -0.25) is 4.57 Å². The van der Waals surface area contributed by atoms with E-state index in [0.717, 1.165) is 23.1 Å². The second-order valence-electron chi connectivity index (χ2n) is 4.92. The molecular formula is C13H15ClN4S. The summed E-state index contributed by atoms with van der Waals surface area (Å²) in [7, 11) is 2.02. The van der Waals surface area contributed by atoms with E-state index < -0.39 is 0 Å². The minimum Gasteiger partial charge on any atom is -0.340 e. The van der Waals surface area contributed by atoms with Crippen molar-refractivity contribution in [1.82, 2.24) is 14.8 Å². The van der Waals surface area contributed by atoms with Crippen LogP contribution in [0.15, 0.2) is 24.3 Å². The summed E-state index contributed by atoms with van der Waals surface area (Å²) < 4.78 is 2.82. The highest BCUT2D eigenvalue weighted by Gasteiger charge is 2.28. The van der Waals surface area contributed by atoms with Crippen LogP contribution < -0.4 is 4.90 Å². The van der Waals surface area contributed by atoms with Gasteiger partial charge in [0.25, 0.3) is 0 Å². The molecule has 2 aromatic rings. The number of nitrogens with one attached hydrogen (secondary N) is 1. The monoisotopic (exact) mass is 294 g/mol. The number of nitrogens with zero attached hydrogens (tertiary/aromatic N) is 3. The zero-order chi connectivity index (χ0) is 13.4. The molecule has 1 heterocycles. The van der Waals surface area contributed by atoms with Gasteiger partial charge < -0.3 is 4.90 Å². The van der Waals surface area contributed by atoms with Crippen molar-refractivity contribution in [1.29, 1.82) is 0 Å². The minimum atomic E-state index is 0.517. The first kappa shape index (κ1) is 12.7. The second kappa shape index (κ2) is 4.98. The maximum Gasteiger partial charge on any atom is 0.226 e. The van der Waals surface area contributed by atoms with Crippen LogP contribution in [0.3, 0.4) is 0 Å². The number of benzene rings is 1. The molecule has 0 radical (unpaired) electrons. The first-order valence-electron chi connectivity index (χ1n) is 6.27. The van der Waals surface area contributed by atoms with Crippen molar-refractivity contribution >= 4 is 29.8 Å². The number of hydrogen-bond donors (Lipinski definition) is 1. The smallest absolute Gasteiger partial charge is 0.226 e. The summed E-state index contributed by atoms with van der Waals surface area (Å²) in [5.74, 6) is 0.896. The third-order valence-electron chi connectivity index (χ3n) is 3.25. The summed E-state index contributed by atoms with van der Waals surface area (Å²) >= 11 is 11.3. The Labute approximate surface area is 122 Å². The highest BCUT2D eigenvalue weighted by atomic mass is 35.5. The van der Waals surface area contributed by atoms with Crippen molar-refractivity contribution in [3.63, 3.8) is 0 Å². The number of aromatic nitrogens is 3. The van der Waals surface area contributed by atoms with Crippen LogP contribution in [0, 0.1) is 4.77 Å². The third-order valence-corrected chi connectivity index (χ3v) is 3.77. The Hall–Kier alpha value is -1.33. The Balaban J connectivity index is 1.84. The van der Waals surface area contributed by atoms with Crippen molar-refractivity contribution in [3.05, 3.63) is 39.6 Å². The van der Waals surface area contributed by atoms with E-state index in [4.69, 9.17) is 23.8 Å². The maximum atomic E-state index is 6.01. The summed E-state index contributed by atoms with van der Waals surface area (Å²) in [6.07, 6.45) is 2.37. The summed E-state index contributed by atoms with van der Waals surface area (Å²) in [5, 5.41) is 7.98. The zero-order valence-electron chi connectivity index (χ0n) is 10.6. The van der Waals surface area contributed by atoms with E-state index in [1.807, 2.05) is 25.2 Å². The van der Waals surface area contributed by atoms with Crippen LogP contribution in [-0.2, 0) is 6.54 Å². The lowest BCUT2D eigenvalue weighted by atomic mass is 10.2. The van der Waals surface area contributed by atoms with Crippen LogP contribution in [0.1, 0.15) is 24.4 Å². The van der Waals surface area contributed by atoms with Gasteiger partial charge in [0.1, 0.15) is 0 Å². The van der Waals surface area contributed by atoms with Crippen molar-refractivity contribution in [2.75, 3.05) is 11.9 Å². The van der Waals surface area contributed by atoms with Gasteiger partial charge in [0.15, 0.2) is 4.77 Å². The lowest BCUT2D eigenvalue weighted by Crippen LogP contribution is -2.20. The highest BCUT2D eigenvalue weighted by molar-refractivity contribution is 7.71. The van der Waals surface area contributed by atoms with Crippen molar-refractivity contribution in [2.45, 2.75) is 25.4 Å². The molecular weight excluding hydrogens is 280 g/mol. The fourth-order valence-electron chi connectivity index (χ4n) is 2.21. The molecule has 19 heavy (non-hydrogen) atoms. The first-order chi connectivity index (χ1) is 9.15. The molecule has 3 rings (SSSR count). The minimum absolute atomic E-state index is 0.517. The zero-order valence-corrected chi connectivity index (χ0v) is 12.2. The van der Waals surface area contributed by atoms with Gasteiger partial charge in [0, 0.05) is 24.7 Å². The molecule has 0 aliphatic heterocycles. The molecule has 1 aliphatic rings. The van der Waals surface area contributed by atoms with Crippen molar-refractivity contribution in [2.24, 2.45) is 0 Å². The Bertz CT molecular complexity index is 644. The molecule has 0 amide bonds. The van der Waals surface area contributed by atoms with E-state index in [0.29, 0.717) is 10.8 Å². The maximum absolute atomic E-state index is 6.01. The van der Waals surface area contributed by atoms with Gasteiger partial charge in [0.05, 0.1) is 0 Å². The van der Waals surface area contributed by atoms with Gasteiger partial charge in [-0.05, 0) is 42.8 Å². The molecule has 0 unspecified atom stereocenters. The summed E-state index contributed by atoms with van der Waals surface area (Å²) in [5.41, 5.74) is 1.16. The van der Waals surface area contributed by atoms with Crippen LogP contribution in [0.4, 0.5) is 5.95 Å². The first-order valence-corrected chi connectivity index (χ1v) is 7.06. The van der Waals surface area contributed by atoms with Crippen LogP contribution in [0.5, 0.6) is 0 Å². The van der Waals surface area contributed by atoms with Gasteiger partial charge >= 0.3 is 0 Å². The molecule has 4 nitrogen and oxygen atoms in total. The number of rotatable bonds is 4. The Kier molecular flexibility index (Phi) is 3.33. The largest absolute Gasteiger partial charge is 0.340 e. The molecule has 0 atom stereocenters. The molecule has 1 saturated carbocycles. The summed E-state index contributed by atoms with van der Waals surface area (Å²) in [4.78, 5) is 2.09. The molecule has 100 valence electrons. The lowest BCUT2D eigenvalue weighted by Gasteiger charge is -2.19. The molecule has 0 spiro atoms. The van der Waals surface area contributed by atoms with E-state index in [1.54, 1.807) is 0 Å². The van der Waals surface area contributed by atoms with Crippen LogP contribution in [0.25, 0.3) is 0 Å². The number of anilines is 1. The van der Waals surface area contributed by atoms with E-state index in [-0.39, 0.29) is 0 Å². The van der Waals surface area contributed by atoms with Gasteiger partial charge in [0.2, 0.25) is 5.95 Å². The molecule has 1 fully saturated rings. The number of H-pyrrole nitrogens is 1. The molecule has 1 N–H and O–H groups in total. The molecule has 1 aliphatic carbocycles. The van der Waals surface area contributed by atoms with Crippen molar-refractivity contribution < 1.29 is 0 Å². The predicted octanol–water partition coefficient (Wildman–Crippen LogP) is 3.57. The van der Waals surface area contributed by atoms with Crippen molar-refractivity contribution in [3.8, 4) is 0 Å². The van der Waals surface area contributed by atoms with E-state index >= 15 is 0 Å². The summed E-state index contributed by atoms with van der Waals surface area (Å²) in [6, 6.07) is 8.39. The molecule has 1 aromatic heterocycles. The molecule has 1 aromatic carbocycles. The average Bonchev–Trinajstić information content (AvgIpc) is 3.12. The number of hydrogen-bond acceptors (Lipinski definition) is 3. The molecule has 6 heteroatoms. The summed E-state index contributed by atoms with van der Waals surface area (Å²) in [6.45, 7) is 0.757. The Morgan fingerprint density at radius 1 is 1.53 bits per heavy atom. The Morgan fingerprint density at radius 2 is 2.32 bits per heavy atom. The van der Waals surface area contributed by atoms with E-state index in [2.05, 4.69) is 25.7 Å². The number of aromatic amines is 1. The number of halogens is 1. The van der Waals surface area contributed by atoms with Crippen LogP contribution >= 0.6 is 23.8 Å². The molecule has 0 bridgehead atoms. The fourth-order valence-corrected chi connectivity index (χ4v) is 2.70. The van der Waals surface area contributed by atoms with Crippen LogP contribution in [0.2, 0.25) is 5.02 Å². The van der Waals surface area contributed by atoms with Gasteiger partial charge in [-0.1, -0.05) is 23.7 Å². The SMILES string of the molecule is CN(Cc1cccc(Cl)c1)c1n[nH]c(=S)n1C1CC1. The third kappa shape index (κ3) is 2.67. The standard InChI is InChI=1S/C13H15ClN4S/c1-17(8-9-3-2-4-10(14)7-9)12-15-16-13(19)18(12)11-5-6-11/h2-4,7,11H,5-6,8H2,1H3,(H,16,19). The topological polar surface area (TPSA) is 36.9 Å². The molecule has 0 saturated heterocycles. The van der Waals surface area contributed by atoms with Gasteiger partial charge in [-0.15, -0.1) is 5.10 Å². The second-order valence-corrected chi connectivity index (χ2v) is 5.74. The highest BCUT2D eigenvalue weighted by Crippen LogP contribution is 2.37. The van der Waals surface area contributed by atoms with E-state index in [9.17, 15) is 0 Å². The average molecular weight is 295 g/mol. The normalized spacial score (nSPS) is 14.6. The van der Waals surface area contributed by atoms with Gasteiger partial charge in [-0.25, -0.2) is 5.10 Å². The lowest BCUT2D eigenvalue weighted by molar-refractivity contribution is 0.700.